The van der Waals surface area contributed by atoms with E-state index in [1.165, 1.54) is 33.7 Å². The first-order valence-electron chi connectivity index (χ1n) is 22.5. The molecule has 360 valence electrons. The van der Waals surface area contributed by atoms with Crippen molar-refractivity contribution in [3.8, 4) is 0 Å². The van der Waals surface area contributed by atoms with Gasteiger partial charge in [-0.15, -0.1) is 0 Å². The first-order chi connectivity index (χ1) is 30.2. The highest BCUT2D eigenvalue weighted by atomic mass is 16.2. The molecule has 3 fully saturated rings. The van der Waals surface area contributed by atoms with Crippen LogP contribution in [0.25, 0.3) is 0 Å². The molecule has 0 aromatic rings. The van der Waals surface area contributed by atoms with Crippen LogP contribution in [0.15, 0.2) is 0 Å². The molecule has 10 amide bonds. The Bertz CT molecular complexity index is 1610. The minimum Gasteiger partial charge on any atom is -0.352 e. The van der Waals surface area contributed by atoms with Gasteiger partial charge in [0.15, 0.2) is 0 Å². The second-order valence-electron chi connectivity index (χ2n) is 17.5. The van der Waals surface area contributed by atoms with Gasteiger partial charge in [-0.05, 0) is 64.2 Å². The molecular weight excluding hydrogens is 833 g/mol. The third-order valence-corrected chi connectivity index (χ3v) is 12.0. The van der Waals surface area contributed by atoms with Crippen molar-refractivity contribution in [2.24, 2.45) is 23.3 Å². The monoisotopic (exact) mass is 905 g/mol. The van der Waals surface area contributed by atoms with Gasteiger partial charge in [0.1, 0.15) is 36.3 Å². The largest absolute Gasteiger partial charge is 0.352 e. The van der Waals surface area contributed by atoms with Crippen LogP contribution in [0.5, 0.6) is 0 Å². The number of nitrogens with two attached hydrogens (primary N) is 2. The lowest BCUT2D eigenvalue weighted by atomic mass is 9.99. The van der Waals surface area contributed by atoms with E-state index in [4.69, 9.17) is 11.5 Å². The molecule has 0 unspecified atom stereocenters. The summed E-state index contributed by atoms with van der Waals surface area (Å²) < 4.78 is 0. The van der Waals surface area contributed by atoms with Crippen LogP contribution in [0, 0.1) is 11.8 Å². The van der Waals surface area contributed by atoms with E-state index < -0.39 is 133 Å². The maximum atomic E-state index is 13.7. The number of hydrogen-bond acceptors (Lipinski definition) is 12. The molecule has 0 aromatic heterocycles. The lowest BCUT2D eigenvalue weighted by Crippen LogP contribution is -2.60. The van der Waals surface area contributed by atoms with E-state index in [0.717, 1.165) is 9.80 Å². The summed E-state index contributed by atoms with van der Waals surface area (Å²) in [5.74, 6) is -6.63. The average molecular weight is 905 g/mol. The number of carbonyl (C=O) groups excluding carboxylic acids is 10. The predicted molar refractivity (Wildman–Crippen MR) is 234 cm³/mol. The maximum Gasteiger partial charge on any atom is 0.243 e. The van der Waals surface area contributed by atoms with Gasteiger partial charge < -0.3 is 62.1 Å². The number of nitrogens with zero attached hydrogens (tertiary/aromatic N) is 6. The molecule has 3 aliphatic heterocycles. The topological polar surface area (TPSA) is 290 Å². The Morgan fingerprint density at radius 1 is 0.516 bits per heavy atom. The van der Waals surface area contributed by atoms with Gasteiger partial charge in [-0.3, -0.25) is 47.9 Å². The minimum absolute atomic E-state index is 0.102. The first kappa shape index (κ1) is 53.0. The summed E-state index contributed by atoms with van der Waals surface area (Å²) in [6.07, 6.45) is 3.04. The van der Waals surface area contributed by atoms with Crippen molar-refractivity contribution < 1.29 is 47.9 Å². The van der Waals surface area contributed by atoms with Gasteiger partial charge in [0.2, 0.25) is 59.1 Å². The highest BCUT2D eigenvalue weighted by Crippen LogP contribution is 2.20. The van der Waals surface area contributed by atoms with Crippen LogP contribution in [0.3, 0.4) is 0 Å². The average Bonchev–Trinajstić information content (AvgIpc) is 3.27. The van der Waals surface area contributed by atoms with Crippen LogP contribution in [0.4, 0.5) is 0 Å². The zero-order chi connectivity index (χ0) is 48.0. The third-order valence-electron chi connectivity index (χ3n) is 12.0. The molecule has 0 radical (unpaired) electrons. The molecule has 0 saturated carbocycles. The van der Waals surface area contributed by atoms with Gasteiger partial charge in [-0.25, -0.2) is 0 Å². The standard InChI is InChI=1S/C42H72N12O10/c1-9-51-33(57)23-49(7)31(55)21-47-37(59)29-15-12-14-18-54(29)42(64)28(44)20-46-40(62)36(26(5)6)52(10-2)34(58)24-50(8)32(56)22-48-38(60)30-16-11-13-17-53(30)41(63)27(43)19-45-39(61)35(51)25(3)4/h25-30,35-36H,9-24,43-44H2,1-8H3,(H,45,61)(H,46,62)(H,47,59)(H,48,60)/t27-,28-,29+,30+,35+,36+/m1/s1. The third kappa shape index (κ3) is 13.8. The second kappa shape index (κ2) is 24.6. The molecule has 8 N–H and O–H groups in total. The van der Waals surface area contributed by atoms with Gasteiger partial charge in [-0.1, -0.05) is 27.7 Å². The quantitative estimate of drug-likeness (QED) is 0.161. The molecule has 22 heteroatoms. The van der Waals surface area contributed by atoms with E-state index in [1.807, 2.05) is 0 Å². The molecule has 6 atom stereocenters. The van der Waals surface area contributed by atoms with E-state index in [-0.39, 0.29) is 39.3 Å². The normalized spacial score (nSPS) is 27.4. The molecule has 0 aromatic carbocycles. The Morgan fingerprint density at radius 2 is 0.859 bits per heavy atom. The summed E-state index contributed by atoms with van der Waals surface area (Å²) in [5.41, 5.74) is 12.6. The summed E-state index contributed by atoms with van der Waals surface area (Å²) in [6.45, 7) is 8.52. The second-order valence-corrected chi connectivity index (χ2v) is 17.5. The Morgan fingerprint density at radius 3 is 1.17 bits per heavy atom. The smallest absolute Gasteiger partial charge is 0.243 e. The number of fused-ring (bicyclic) bond motifs is 2. The fourth-order valence-electron chi connectivity index (χ4n) is 8.43. The van der Waals surface area contributed by atoms with Crippen molar-refractivity contribution in [1.29, 1.82) is 0 Å². The molecule has 0 bridgehead atoms. The Hall–Kier alpha value is -5.38. The fraction of sp³-hybridized carbons (Fsp3) is 0.762. The molecule has 3 rings (SSSR count). The van der Waals surface area contributed by atoms with Crippen molar-refractivity contribution in [2.75, 3.05) is 79.5 Å². The summed E-state index contributed by atoms with van der Waals surface area (Å²) in [5, 5.41) is 10.5. The number of nitrogens with one attached hydrogen (secondary N) is 4. The molecular formula is C42H72N12O10. The summed E-state index contributed by atoms with van der Waals surface area (Å²) in [4.78, 5) is 143. The molecule has 3 heterocycles. The molecule has 0 spiro atoms. The number of amides is 10. The number of hydrogen-bond donors (Lipinski definition) is 6. The van der Waals surface area contributed by atoms with Gasteiger partial charge >= 0.3 is 0 Å². The highest BCUT2D eigenvalue weighted by molar-refractivity contribution is 5.96. The Balaban J connectivity index is 1.91. The van der Waals surface area contributed by atoms with Crippen LogP contribution in [-0.2, 0) is 47.9 Å². The van der Waals surface area contributed by atoms with E-state index in [9.17, 15) is 47.9 Å². The van der Waals surface area contributed by atoms with Crippen molar-refractivity contribution in [2.45, 2.75) is 116 Å². The highest BCUT2D eigenvalue weighted by Gasteiger charge is 2.39. The molecule has 0 aliphatic carbocycles. The lowest BCUT2D eigenvalue weighted by Gasteiger charge is -2.37. The van der Waals surface area contributed by atoms with Crippen LogP contribution in [0.2, 0.25) is 0 Å². The fourth-order valence-corrected chi connectivity index (χ4v) is 8.43. The van der Waals surface area contributed by atoms with Crippen molar-refractivity contribution in [3.63, 3.8) is 0 Å². The van der Waals surface area contributed by atoms with Crippen molar-refractivity contribution in [1.82, 2.24) is 50.7 Å². The van der Waals surface area contributed by atoms with Crippen LogP contribution >= 0.6 is 0 Å². The molecule has 3 aliphatic rings. The van der Waals surface area contributed by atoms with Gasteiger partial charge in [0.25, 0.3) is 0 Å². The number of carbonyl (C=O) groups is 10. The Labute approximate surface area is 376 Å². The van der Waals surface area contributed by atoms with E-state index in [1.54, 1.807) is 41.5 Å². The summed E-state index contributed by atoms with van der Waals surface area (Å²) in [7, 11) is 2.77. The maximum absolute atomic E-state index is 13.7. The van der Waals surface area contributed by atoms with E-state index in [2.05, 4.69) is 21.3 Å². The van der Waals surface area contributed by atoms with Crippen molar-refractivity contribution in [3.05, 3.63) is 0 Å². The first-order valence-corrected chi connectivity index (χ1v) is 22.5. The zero-order valence-electron chi connectivity index (χ0n) is 38.9. The van der Waals surface area contributed by atoms with Crippen molar-refractivity contribution >= 4 is 59.1 Å². The molecule has 3 saturated heterocycles. The molecule has 22 nitrogen and oxygen atoms in total. The zero-order valence-corrected chi connectivity index (χ0v) is 38.9. The molecule has 64 heavy (non-hydrogen) atoms. The van der Waals surface area contributed by atoms with Crippen LogP contribution in [0.1, 0.15) is 80.1 Å². The summed E-state index contributed by atoms with van der Waals surface area (Å²) in [6, 6.07) is -6.42. The van der Waals surface area contributed by atoms with E-state index in [0.29, 0.717) is 38.5 Å². The minimum atomic E-state index is -1.25. The summed E-state index contributed by atoms with van der Waals surface area (Å²) >= 11 is 0. The van der Waals surface area contributed by atoms with Gasteiger partial charge in [0.05, 0.1) is 26.2 Å². The SMILES string of the molecule is CCN1C(=O)CN(C)C(=O)CNC(=O)[C@@H]2CCCCN2C(=O)[C@H](N)CNC(=O)[C@H](C(C)C)N(CC)C(=O)CN(C)C(=O)CNC(=O)[C@@H]2CCCCN2C(=O)[C@H](N)CNC(=O)[C@@H]1C(C)C. The number of piperidine rings is 2. The van der Waals surface area contributed by atoms with Crippen LogP contribution in [-0.4, -0.2) is 204 Å². The van der Waals surface area contributed by atoms with Gasteiger partial charge in [0, 0.05) is 53.4 Å². The van der Waals surface area contributed by atoms with E-state index >= 15 is 0 Å². The predicted octanol–water partition coefficient (Wildman–Crippen LogP) is -3.46. The van der Waals surface area contributed by atoms with Crippen LogP contribution < -0.4 is 32.7 Å². The lowest BCUT2D eigenvalue weighted by molar-refractivity contribution is -0.147. The number of likely N-dealkylation sites (N-methyl/N-ethyl adjacent to an activating group) is 4. The Kier molecular flexibility index (Phi) is 20.4. The van der Waals surface area contributed by atoms with Gasteiger partial charge in [-0.2, -0.15) is 0 Å². The number of rotatable bonds is 4.